The van der Waals surface area contributed by atoms with E-state index in [1.165, 1.54) is 6.07 Å². The molecule has 0 spiro atoms. The van der Waals surface area contributed by atoms with Crippen molar-refractivity contribution in [2.24, 2.45) is 0 Å². The predicted molar refractivity (Wildman–Crippen MR) is 97.1 cm³/mol. The first-order chi connectivity index (χ1) is 11.0. The van der Waals surface area contributed by atoms with Crippen LogP contribution in [0.15, 0.2) is 22.7 Å². The molecule has 0 heterocycles. The molecule has 0 radical (unpaired) electrons. The molecular formula is C17H25BrF3NOS. The van der Waals surface area contributed by atoms with Gasteiger partial charge in [0.15, 0.2) is 0 Å². The summed E-state index contributed by atoms with van der Waals surface area (Å²) in [5.41, 5.74) is -0.192. The molecule has 7 heteroatoms. The number of rotatable bonds is 7. The average Bonchev–Trinajstić information content (AvgIpc) is 2.44. The molecule has 0 aromatic heterocycles. The van der Waals surface area contributed by atoms with E-state index >= 15 is 0 Å². The van der Waals surface area contributed by atoms with Gasteiger partial charge in [-0.1, -0.05) is 42.1 Å². The van der Waals surface area contributed by atoms with Gasteiger partial charge in [-0.25, -0.2) is 8.93 Å². The fourth-order valence-corrected chi connectivity index (χ4v) is 3.55. The Morgan fingerprint density at radius 3 is 2.33 bits per heavy atom. The van der Waals surface area contributed by atoms with Crippen LogP contribution in [0.4, 0.5) is 13.2 Å². The number of nitrogens with one attached hydrogen (secondary N) is 1. The molecular weight excluding hydrogens is 403 g/mol. The summed E-state index contributed by atoms with van der Waals surface area (Å²) in [6.45, 7) is 7.57. The molecule has 1 rings (SSSR count). The second-order valence-electron chi connectivity index (χ2n) is 6.78. The molecule has 1 aromatic carbocycles. The second-order valence-corrected chi connectivity index (χ2v) is 9.63. The zero-order chi connectivity index (χ0) is 18.5. The maximum atomic E-state index is 13.0. The summed E-state index contributed by atoms with van der Waals surface area (Å²) in [6, 6.07) is 3.21. The van der Waals surface area contributed by atoms with Crippen LogP contribution < -0.4 is 4.72 Å². The van der Waals surface area contributed by atoms with Crippen molar-refractivity contribution in [2.75, 3.05) is 0 Å². The molecule has 1 N–H and O–H groups in total. The Morgan fingerprint density at radius 1 is 1.21 bits per heavy atom. The lowest BCUT2D eigenvalue weighted by Crippen LogP contribution is -2.36. The minimum atomic E-state index is -4.40. The highest BCUT2D eigenvalue weighted by atomic mass is 79.9. The van der Waals surface area contributed by atoms with E-state index in [2.05, 4.69) is 27.6 Å². The number of halogens is 4. The monoisotopic (exact) mass is 427 g/mol. The van der Waals surface area contributed by atoms with Crippen molar-refractivity contribution in [3.8, 4) is 0 Å². The van der Waals surface area contributed by atoms with Crippen LogP contribution in [0.5, 0.6) is 0 Å². The Kier molecular flexibility index (Phi) is 7.94. The van der Waals surface area contributed by atoms with Gasteiger partial charge in [0.1, 0.15) is 0 Å². The largest absolute Gasteiger partial charge is 0.416 e. The summed E-state index contributed by atoms with van der Waals surface area (Å²) in [4.78, 5) is 0. The van der Waals surface area contributed by atoms with E-state index in [1.54, 1.807) is 0 Å². The van der Waals surface area contributed by atoms with E-state index in [1.807, 2.05) is 20.8 Å². The molecule has 0 saturated carbocycles. The van der Waals surface area contributed by atoms with Gasteiger partial charge in [-0.15, -0.1) is 0 Å². The van der Waals surface area contributed by atoms with Crippen molar-refractivity contribution in [2.45, 2.75) is 70.3 Å². The van der Waals surface area contributed by atoms with E-state index in [4.69, 9.17) is 0 Å². The lowest BCUT2D eigenvalue weighted by atomic mass is 9.99. The Morgan fingerprint density at radius 2 is 1.83 bits per heavy atom. The number of hydrogen-bond acceptors (Lipinski definition) is 1. The minimum absolute atomic E-state index is 0.395. The van der Waals surface area contributed by atoms with Gasteiger partial charge in [-0.05, 0) is 51.0 Å². The maximum absolute atomic E-state index is 13.0. The molecule has 0 fully saturated rings. The van der Waals surface area contributed by atoms with E-state index in [-0.39, 0.29) is 0 Å². The van der Waals surface area contributed by atoms with Crippen molar-refractivity contribution in [3.05, 3.63) is 33.8 Å². The van der Waals surface area contributed by atoms with E-state index in [9.17, 15) is 17.4 Å². The van der Waals surface area contributed by atoms with E-state index in [0.717, 1.165) is 31.4 Å². The highest BCUT2D eigenvalue weighted by Gasteiger charge is 2.32. The summed E-state index contributed by atoms with van der Waals surface area (Å²) in [7, 11) is -1.36. The normalized spacial score (nSPS) is 15.3. The van der Waals surface area contributed by atoms with Crippen molar-refractivity contribution >= 4 is 26.9 Å². The van der Waals surface area contributed by atoms with Crippen LogP contribution in [0.2, 0.25) is 0 Å². The van der Waals surface area contributed by atoms with Crippen LogP contribution in [-0.4, -0.2) is 8.96 Å². The quantitative estimate of drug-likeness (QED) is 0.520. The van der Waals surface area contributed by atoms with Gasteiger partial charge in [0.05, 0.1) is 21.3 Å². The third-order valence-corrected chi connectivity index (χ3v) is 5.93. The van der Waals surface area contributed by atoms with Gasteiger partial charge in [0.2, 0.25) is 0 Å². The third kappa shape index (κ3) is 6.48. The van der Waals surface area contributed by atoms with Crippen LogP contribution in [0.3, 0.4) is 0 Å². The Bertz CT molecular complexity index is 570. The van der Waals surface area contributed by atoms with Crippen LogP contribution in [0, 0.1) is 0 Å². The molecule has 24 heavy (non-hydrogen) atoms. The average molecular weight is 428 g/mol. The summed E-state index contributed by atoms with van der Waals surface area (Å²) >= 11 is 3.34. The summed E-state index contributed by atoms with van der Waals surface area (Å²) < 4.78 is 54.6. The summed E-state index contributed by atoms with van der Waals surface area (Å²) in [5, 5.41) is 0. The first-order valence-electron chi connectivity index (χ1n) is 8.01. The van der Waals surface area contributed by atoms with Crippen molar-refractivity contribution < 1.29 is 17.4 Å². The molecule has 0 aliphatic carbocycles. The molecule has 1 unspecified atom stereocenters. The van der Waals surface area contributed by atoms with Crippen molar-refractivity contribution in [3.63, 3.8) is 0 Å². The molecule has 138 valence electrons. The van der Waals surface area contributed by atoms with Gasteiger partial charge < -0.3 is 0 Å². The van der Waals surface area contributed by atoms with Gasteiger partial charge >= 0.3 is 6.18 Å². The number of alkyl halides is 3. The molecule has 0 bridgehead atoms. The molecule has 0 amide bonds. The molecule has 2 atom stereocenters. The van der Waals surface area contributed by atoms with Gasteiger partial charge in [0, 0.05) is 10.5 Å². The van der Waals surface area contributed by atoms with Gasteiger partial charge in [0.25, 0.3) is 0 Å². The Labute approximate surface area is 153 Å². The molecule has 0 aliphatic heterocycles. The topological polar surface area (TPSA) is 29.1 Å². The van der Waals surface area contributed by atoms with Gasteiger partial charge in [-0.2, -0.15) is 13.2 Å². The highest BCUT2D eigenvalue weighted by molar-refractivity contribution is 9.10. The molecule has 2 nitrogen and oxygen atoms in total. The Balaban J connectivity index is 3.15. The predicted octanol–water partition coefficient (Wildman–Crippen LogP) is 6.14. The molecule has 1 aromatic rings. The lowest BCUT2D eigenvalue weighted by molar-refractivity contribution is -0.137. The maximum Gasteiger partial charge on any atom is 0.416 e. The fraction of sp³-hybridized carbons (Fsp3) is 0.647. The first kappa shape index (κ1) is 21.6. The lowest BCUT2D eigenvalue weighted by Gasteiger charge is -2.26. The zero-order valence-corrected chi connectivity index (χ0v) is 16.9. The summed E-state index contributed by atoms with van der Waals surface area (Å²) in [5.74, 6) is 0. The minimum Gasteiger partial charge on any atom is -0.242 e. The van der Waals surface area contributed by atoms with Crippen LogP contribution in [-0.2, 0) is 17.2 Å². The SMILES string of the molecule is CCCCC[C@H](NS(=O)C(C)(C)C)c1cc(C(F)(F)F)ccc1Br. The number of hydrogen-bond donors (Lipinski definition) is 1. The molecule has 0 aliphatic rings. The van der Waals surface area contributed by atoms with Gasteiger partial charge in [-0.3, -0.25) is 0 Å². The smallest absolute Gasteiger partial charge is 0.242 e. The summed E-state index contributed by atoms with van der Waals surface area (Å²) in [6.07, 6.45) is -0.907. The second kappa shape index (κ2) is 8.81. The fourth-order valence-electron chi connectivity index (χ4n) is 2.17. The van der Waals surface area contributed by atoms with E-state index in [0.29, 0.717) is 16.5 Å². The van der Waals surface area contributed by atoms with Crippen molar-refractivity contribution in [1.29, 1.82) is 0 Å². The molecule has 0 saturated heterocycles. The standard InChI is InChI=1S/C17H25BrF3NOS/c1-5-6-7-8-15(22-24(23)16(2,3)4)13-11-12(17(19,20)21)9-10-14(13)18/h9-11,15,22H,5-8H2,1-4H3/t15-,24?/m0/s1. The van der Waals surface area contributed by atoms with Crippen LogP contribution in [0.25, 0.3) is 0 Å². The van der Waals surface area contributed by atoms with Crippen molar-refractivity contribution in [1.82, 2.24) is 4.72 Å². The van der Waals surface area contributed by atoms with Crippen LogP contribution in [0.1, 0.15) is 70.5 Å². The zero-order valence-electron chi connectivity index (χ0n) is 14.5. The Hall–Kier alpha value is -0.400. The number of unbranched alkanes of at least 4 members (excludes halogenated alkanes) is 2. The first-order valence-corrected chi connectivity index (χ1v) is 9.95. The number of benzene rings is 1. The highest BCUT2D eigenvalue weighted by Crippen LogP contribution is 2.35. The van der Waals surface area contributed by atoms with E-state index < -0.39 is 33.5 Å². The third-order valence-electron chi connectivity index (χ3n) is 3.60. The van der Waals surface area contributed by atoms with Crippen LogP contribution >= 0.6 is 15.9 Å².